The van der Waals surface area contributed by atoms with Gasteiger partial charge in [-0.1, -0.05) is 24.3 Å². The summed E-state index contributed by atoms with van der Waals surface area (Å²) in [5, 5.41) is 0. The van der Waals surface area contributed by atoms with Crippen LogP contribution in [0.15, 0.2) is 24.3 Å². The Morgan fingerprint density at radius 1 is 0.871 bits per heavy atom. The fourth-order valence-corrected chi connectivity index (χ4v) is 6.31. The number of urea groups is 1. The Hall–Kier alpha value is -2.08. The Bertz CT molecular complexity index is 819. The lowest BCUT2D eigenvalue weighted by atomic mass is 9.73. The molecule has 4 aliphatic rings. The molecule has 1 atom stereocenters. The van der Waals surface area contributed by atoms with Crippen LogP contribution >= 0.6 is 0 Å². The largest absolute Gasteiger partial charge is 0.340 e. The first kappa shape index (κ1) is 20.8. The van der Waals surface area contributed by atoms with Gasteiger partial charge in [0.2, 0.25) is 5.91 Å². The van der Waals surface area contributed by atoms with Crippen LogP contribution in [-0.2, 0) is 10.2 Å². The second-order valence-corrected chi connectivity index (χ2v) is 10.1. The van der Waals surface area contributed by atoms with E-state index in [4.69, 9.17) is 0 Å². The highest BCUT2D eigenvalue weighted by Crippen LogP contribution is 2.52. The summed E-state index contributed by atoms with van der Waals surface area (Å²) in [5.74, 6) is 0.621. The van der Waals surface area contributed by atoms with Gasteiger partial charge in [0.05, 0.1) is 0 Å². The fourth-order valence-electron chi connectivity index (χ4n) is 6.31. The molecule has 1 aliphatic carbocycles. The van der Waals surface area contributed by atoms with Crippen LogP contribution in [0.4, 0.5) is 4.79 Å². The highest BCUT2D eigenvalue weighted by atomic mass is 16.2. The van der Waals surface area contributed by atoms with Crippen LogP contribution in [0.1, 0.15) is 55.6 Å². The third kappa shape index (κ3) is 3.95. The molecule has 1 spiro atoms. The molecule has 6 heteroatoms. The fraction of sp³-hybridized carbons (Fsp3) is 0.680. The van der Waals surface area contributed by atoms with E-state index >= 15 is 0 Å². The van der Waals surface area contributed by atoms with Gasteiger partial charge in [-0.2, -0.15) is 0 Å². The minimum atomic E-state index is 0.130. The average Bonchev–Trinajstić information content (AvgIpc) is 3.43. The normalized spacial score (nSPS) is 25.8. The van der Waals surface area contributed by atoms with Crippen LogP contribution in [0.2, 0.25) is 0 Å². The van der Waals surface area contributed by atoms with Crippen molar-refractivity contribution in [1.82, 2.24) is 19.6 Å². The topological polar surface area (TPSA) is 47.1 Å². The van der Waals surface area contributed by atoms with Crippen molar-refractivity contribution in [3.63, 3.8) is 0 Å². The molecule has 3 fully saturated rings. The van der Waals surface area contributed by atoms with E-state index in [0.29, 0.717) is 18.2 Å². The van der Waals surface area contributed by atoms with E-state index < -0.39 is 0 Å². The second-order valence-electron chi connectivity index (χ2n) is 10.1. The van der Waals surface area contributed by atoms with Gasteiger partial charge in [0.25, 0.3) is 0 Å². The van der Waals surface area contributed by atoms with Gasteiger partial charge in [-0.15, -0.1) is 0 Å². The number of hydrogen-bond donors (Lipinski definition) is 0. The molecular formula is C25H36N4O2. The summed E-state index contributed by atoms with van der Waals surface area (Å²) in [6.07, 6.45) is 5.99. The Balaban J connectivity index is 1.27. The van der Waals surface area contributed by atoms with Crippen LogP contribution < -0.4 is 0 Å². The first-order valence-corrected chi connectivity index (χ1v) is 12.2. The SMILES string of the molecule is CN1CCN(C(=O)CC2CC3(CCN(C(=O)N4CCCC4)CC3)c3ccccc32)CC1. The number of piperidine rings is 1. The first-order valence-electron chi connectivity index (χ1n) is 12.2. The van der Waals surface area contributed by atoms with Crippen molar-refractivity contribution in [3.05, 3.63) is 35.4 Å². The number of likely N-dealkylation sites (tertiary alicyclic amines) is 2. The van der Waals surface area contributed by atoms with Crippen molar-refractivity contribution in [3.8, 4) is 0 Å². The molecule has 6 nitrogen and oxygen atoms in total. The first-order chi connectivity index (χ1) is 15.1. The van der Waals surface area contributed by atoms with Crippen LogP contribution in [-0.4, -0.2) is 90.9 Å². The van der Waals surface area contributed by atoms with Gasteiger partial charge in [-0.25, -0.2) is 4.79 Å². The number of nitrogens with zero attached hydrogens (tertiary/aromatic N) is 4. The predicted molar refractivity (Wildman–Crippen MR) is 121 cm³/mol. The second kappa shape index (κ2) is 8.45. The van der Waals surface area contributed by atoms with Crippen LogP contribution in [0.25, 0.3) is 0 Å². The lowest BCUT2D eigenvalue weighted by Crippen LogP contribution is -2.49. The van der Waals surface area contributed by atoms with Crippen LogP contribution in [0.3, 0.4) is 0 Å². The molecular weight excluding hydrogens is 388 g/mol. The Morgan fingerprint density at radius 2 is 1.52 bits per heavy atom. The molecule has 0 saturated carbocycles. The number of amides is 3. The third-order valence-corrected chi connectivity index (χ3v) is 8.25. The predicted octanol–water partition coefficient (Wildman–Crippen LogP) is 2.89. The lowest BCUT2D eigenvalue weighted by Gasteiger charge is -2.41. The molecule has 168 valence electrons. The number of hydrogen-bond acceptors (Lipinski definition) is 3. The maximum Gasteiger partial charge on any atom is 0.319 e. The summed E-state index contributed by atoms with van der Waals surface area (Å²) >= 11 is 0. The van der Waals surface area contributed by atoms with E-state index in [2.05, 4.69) is 46.0 Å². The number of fused-ring (bicyclic) bond motifs is 2. The summed E-state index contributed by atoms with van der Waals surface area (Å²) in [5.41, 5.74) is 2.95. The molecule has 3 aliphatic heterocycles. The molecule has 31 heavy (non-hydrogen) atoms. The van der Waals surface area contributed by atoms with E-state index in [1.165, 1.54) is 11.1 Å². The summed E-state index contributed by atoms with van der Waals surface area (Å²) in [6, 6.07) is 9.03. The Morgan fingerprint density at radius 3 is 2.23 bits per heavy atom. The highest BCUT2D eigenvalue weighted by Gasteiger charge is 2.46. The summed E-state index contributed by atoms with van der Waals surface area (Å²) < 4.78 is 0. The molecule has 0 N–H and O–H groups in total. The zero-order valence-electron chi connectivity index (χ0n) is 18.9. The summed E-state index contributed by atoms with van der Waals surface area (Å²) in [7, 11) is 2.12. The lowest BCUT2D eigenvalue weighted by molar-refractivity contribution is -0.133. The van der Waals surface area contributed by atoms with Crippen molar-refractivity contribution in [2.45, 2.75) is 49.9 Å². The van der Waals surface area contributed by atoms with E-state index in [9.17, 15) is 9.59 Å². The molecule has 3 heterocycles. The van der Waals surface area contributed by atoms with Crippen LogP contribution in [0, 0.1) is 0 Å². The zero-order chi connectivity index (χ0) is 21.4. The van der Waals surface area contributed by atoms with Crippen molar-refractivity contribution >= 4 is 11.9 Å². The third-order valence-electron chi connectivity index (χ3n) is 8.25. The highest BCUT2D eigenvalue weighted by molar-refractivity contribution is 5.78. The monoisotopic (exact) mass is 424 g/mol. The molecule has 1 aromatic carbocycles. The minimum absolute atomic E-state index is 0.130. The van der Waals surface area contributed by atoms with E-state index in [1.54, 1.807) is 0 Å². The molecule has 5 rings (SSSR count). The number of carbonyl (C=O) groups is 2. The van der Waals surface area contributed by atoms with Gasteiger partial charge < -0.3 is 19.6 Å². The molecule has 0 aromatic heterocycles. The molecule has 1 unspecified atom stereocenters. The van der Waals surface area contributed by atoms with Crippen molar-refractivity contribution in [1.29, 1.82) is 0 Å². The molecule has 1 aromatic rings. The number of carbonyl (C=O) groups excluding carboxylic acids is 2. The standard InChI is InChI=1S/C25H36N4O2/c1-26-14-16-27(17-15-26)23(30)18-20-19-25(22-7-3-2-6-21(20)22)8-12-29(13-9-25)24(31)28-10-4-5-11-28/h2-3,6-7,20H,4-5,8-19H2,1H3. The molecule has 3 saturated heterocycles. The van der Waals surface area contributed by atoms with Crippen molar-refractivity contribution in [2.24, 2.45) is 0 Å². The summed E-state index contributed by atoms with van der Waals surface area (Å²) in [4.78, 5) is 34.4. The number of benzene rings is 1. The van der Waals surface area contributed by atoms with E-state index in [0.717, 1.165) is 84.5 Å². The molecule has 0 radical (unpaired) electrons. The quantitative estimate of drug-likeness (QED) is 0.734. The smallest absolute Gasteiger partial charge is 0.319 e. The van der Waals surface area contributed by atoms with Gasteiger partial charge in [0, 0.05) is 58.8 Å². The zero-order valence-corrected chi connectivity index (χ0v) is 18.9. The van der Waals surface area contributed by atoms with Crippen molar-refractivity contribution < 1.29 is 9.59 Å². The maximum atomic E-state index is 13.1. The Kier molecular flexibility index (Phi) is 5.67. The Labute approximate surface area is 186 Å². The van der Waals surface area contributed by atoms with Crippen LogP contribution in [0.5, 0.6) is 0 Å². The van der Waals surface area contributed by atoms with Gasteiger partial charge in [0.15, 0.2) is 0 Å². The van der Waals surface area contributed by atoms with Gasteiger partial charge in [-0.05, 0) is 61.6 Å². The van der Waals surface area contributed by atoms with Gasteiger partial charge in [-0.3, -0.25) is 4.79 Å². The maximum absolute atomic E-state index is 13.1. The number of likely N-dealkylation sites (N-methyl/N-ethyl adjacent to an activating group) is 1. The van der Waals surface area contributed by atoms with E-state index in [-0.39, 0.29) is 11.4 Å². The van der Waals surface area contributed by atoms with E-state index in [1.807, 2.05) is 4.90 Å². The van der Waals surface area contributed by atoms with Gasteiger partial charge >= 0.3 is 6.03 Å². The average molecular weight is 425 g/mol. The number of piperazine rings is 1. The minimum Gasteiger partial charge on any atom is -0.340 e. The molecule has 0 bridgehead atoms. The summed E-state index contributed by atoms with van der Waals surface area (Å²) in [6.45, 7) is 7.14. The van der Waals surface area contributed by atoms with Crippen molar-refractivity contribution in [2.75, 3.05) is 59.4 Å². The number of rotatable bonds is 2. The molecule has 3 amide bonds. The van der Waals surface area contributed by atoms with Gasteiger partial charge in [0.1, 0.15) is 0 Å².